The van der Waals surface area contributed by atoms with Crippen LogP contribution in [-0.2, 0) is 22.6 Å². The third-order valence-electron chi connectivity index (χ3n) is 8.04. The maximum atomic E-state index is 14.0. The first kappa shape index (κ1) is 27.0. The minimum Gasteiger partial charge on any atom is -0.496 e. The molecule has 0 saturated heterocycles. The molecule has 9 heteroatoms. The summed E-state index contributed by atoms with van der Waals surface area (Å²) >= 11 is 1.61. The molecule has 3 heterocycles. The smallest absolute Gasteiger partial charge is 0.255 e. The van der Waals surface area contributed by atoms with E-state index in [1.54, 1.807) is 23.8 Å². The van der Waals surface area contributed by atoms with Crippen LogP contribution in [0.1, 0.15) is 45.2 Å². The number of nitrogens with zero attached hydrogens (tertiary/aromatic N) is 1. The van der Waals surface area contributed by atoms with Gasteiger partial charge in [0.15, 0.2) is 0 Å². The van der Waals surface area contributed by atoms with Crippen molar-refractivity contribution < 1.29 is 19.1 Å². The molecule has 1 aromatic heterocycles. The van der Waals surface area contributed by atoms with E-state index < -0.39 is 18.1 Å². The van der Waals surface area contributed by atoms with E-state index in [2.05, 4.69) is 15.6 Å². The third-order valence-corrected chi connectivity index (χ3v) is 8.69. The van der Waals surface area contributed by atoms with Gasteiger partial charge < -0.3 is 25.3 Å². The lowest BCUT2D eigenvalue weighted by Crippen LogP contribution is -2.56. The Hall–Kier alpha value is -4.24. The van der Waals surface area contributed by atoms with Gasteiger partial charge in [-0.05, 0) is 47.8 Å². The van der Waals surface area contributed by atoms with Crippen molar-refractivity contribution in [2.75, 3.05) is 19.1 Å². The van der Waals surface area contributed by atoms with E-state index >= 15 is 0 Å². The minimum absolute atomic E-state index is 0.170. The summed E-state index contributed by atoms with van der Waals surface area (Å²) in [6, 6.07) is 21.2. The minimum atomic E-state index is -0.759. The first-order chi connectivity index (χ1) is 20.0. The molecule has 210 valence electrons. The summed E-state index contributed by atoms with van der Waals surface area (Å²) in [6.07, 6.45) is 2.79. The summed E-state index contributed by atoms with van der Waals surface area (Å²) in [5, 5.41) is 7.03. The average molecular weight is 569 g/mol. The maximum absolute atomic E-state index is 14.0. The molecule has 3 atom stereocenters. The van der Waals surface area contributed by atoms with Gasteiger partial charge in [-0.1, -0.05) is 54.6 Å². The molecule has 6 rings (SSSR count). The van der Waals surface area contributed by atoms with Crippen LogP contribution in [0.3, 0.4) is 0 Å². The zero-order valence-corrected chi connectivity index (χ0v) is 23.8. The Morgan fingerprint density at radius 2 is 1.83 bits per heavy atom. The number of thioether (sulfide) groups is 1. The van der Waals surface area contributed by atoms with Crippen LogP contribution in [-0.4, -0.2) is 58.8 Å². The monoisotopic (exact) mass is 568 g/mol. The van der Waals surface area contributed by atoms with Crippen molar-refractivity contribution in [1.29, 1.82) is 0 Å². The number of carbonyl (C=O) groups excluding carboxylic acids is 3. The number of aromatic amines is 1. The van der Waals surface area contributed by atoms with E-state index in [4.69, 9.17) is 4.74 Å². The molecule has 41 heavy (non-hydrogen) atoms. The standard InChI is InChI=1S/C32H32N4O4S/c1-40-27-14-8-3-9-19(27)18-33-30(37)25(15-16-41-2)35-31(38)26-17-23-20-10-6-7-13-24(20)34-28(23)29-21-11-4-5-12-22(21)32(39)36(26)29/h3-14,25-26,29,34H,15-18H2,1-2H3,(H,33,37)(H,35,38)/t25-,26-,29+/m0/s1. The number of carbonyl (C=O) groups is 3. The molecule has 4 aromatic rings. The summed E-state index contributed by atoms with van der Waals surface area (Å²) in [5.41, 5.74) is 5.30. The molecule has 0 radical (unpaired) electrons. The summed E-state index contributed by atoms with van der Waals surface area (Å²) in [7, 11) is 1.59. The SMILES string of the molecule is COc1ccccc1CNC(=O)[C@H](CCSC)NC(=O)[C@@H]1Cc2c([nH]c3ccccc23)[C@H]2c3ccccc3C(=O)N21. The predicted octanol–water partition coefficient (Wildman–Crippen LogP) is 4.20. The lowest BCUT2D eigenvalue weighted by Gasteiger charge is -2.37. The molecule has 8 nitrogen and oxygen atoms in total. The zero-order valence-electron chi connectivity index (χ0n) is 23.0. The summed E-state index contributed by atoms with van der Waals surface area (Å²) < 4.78 is 5.41. The van der Waals surface area contributed by atoms with E-state index in [1.807, 2.05) is 79.1 Å². The highest BCUT2D eigenvalue weighted by molar-refractivity contribution is 7.98. The molecule has 3 aromatic carbocycles. The molecule has 0 aliphatic carbocycles. The summed E-state index contributed by atoms with van der Waals surface area (Å²) in [4.78, 5) is 46.4. The van der Waals surface area contributed by atoms with Gasteiger partial charge in [0.1, 0.15) is 17.8 Å². The predicted molar refractivity (Wildman–Crippen MR) is 160 cm³/mol. The second-order valence-corrected chi connectivity index (χ2v) is 11.3. The number of para-hydroxylation sites is 2. The van der Waals surface area contributed by atoms with Crippen LogP contribution in [0.15, 0.2) is 72.8 Å². The van der Waals surface area contributed by atoms with Crippen LogP contribution in [0.25, 0.3) is 10.9 Å². The van der Waals surface area contributed by atoms with Gasteiger partial charge in [-0.2, -0.15) is 11.8 Å². The number of benzene rings is 3. The van der Waals surface area contributed by atoms with E-state index in [1.165, 1.54) is 0 Å². The molecule has 3 N–H and O–H groups in total. The van der Waals surface area contributed by atoms with Crippen molar-refractivity contribution in [3.63, 3.8) is 0 Å². The molecule has 0 saturated carbocycles. The third kappa shape index (κ3) is 4.84. The van der Waals surface area contributed by atoms with Gasteiger partial charge in [-0.15, -0.1) is 0 Å². The van der Waals surface area contributed by atoms with Gasteiger partial charge >= 0.3 is 0 Å². The maximum Gasteiger partial charge on any atom is 0.255 e. The Morgan fingerprint density at radius 3 is 2.66 bits per heavy atom. The number of hydrogen-bond donors (Lipinski definition) is 3. The van der Waals surface area contributed by atoms with Crippen molar-refractivity contribution in [3.8, 4) is 5.75 Å². The van der Waals surface area contributed by atoms with Crippen molar-refractivity contribution >= 4 is 40.4 Å². The first-order valence-corrected chi connectivity index (χ1v) is 15.1. The quantitative estimate of drug-likeness (QED) is 0.281. The van der Waals surface area contributed by atoms with Gasteiger partial charge in [0.25, 0.3) is 5.91 Å². The number of fused-ring (bicyclic) bond motifs is 7. The fraction of sp³-hybridized carbons (Fsp3) is 0.281. The molecule has 3 amide bonds. The fourth-order valence-electron chi connectivity index (χ4n) is 6.06. The highest BCUT2D eigenvalue weighted by Gasteiger charge is 2.49. The Bertz CT molecular complexity index is 1630. The largest absolute Gasteiger partial charge is 0.496 e. The highest BCUT2D eigenvalue weighted by atomic mass is 32.2. The Balaban J connectivity index is 1.29. The molecule has 0 spiro atoms. The van der Waals surface area contributed by atoms with Crippen LogP contribution < -0.4 is 15.4 Å². The van der Waals surface area contributed by atoms with E-state index in [9.17, 15) is 14.4 Å². The molecule has 0 bridgehead atoms. The zero-order chi connectivity index (χ0) is 28.5. The normalized spacial score (nSPS) is 17.9. The molecule has 0 fully saturated rings. The Kier molecular flexibility index (Phi) is 7.45. The summed E-state index contributed by atoms with van der Waals surface area (Å²) in [5.74, 6) is 0.616. The number of methoxy groups -OCH3 is 1. The van der Waals surface area contributed by atoms with Gasteiger partial charge in [0, 0.05) is 40.7 Å². The van der Waals surface area contributed by atoms with Crippen LogP contribution in [0.4, 0.5) is 0 Å². The topological polar surface area (TPSA) is 104 Å². The van der Waals surface area contributed by atoms with Gasteiger partial charge in [0.2, 0.25) is 11.8 Å². The van der Waals surface area contributed by atoms with Crippen molar-refractivity contribution in [1.82, 2.24) is 20.5 Å². The summed E-state index contributed by atoms with van der Waals surface area (Å²) in [6.45, 7) is 0.276. The van der Waals surface area contributed by atoms with Crippen LogP contribution >= 0.6 is 11.8 Å². The molecule has 2 aliphatic heterocycles. The van der Waals surface area contributed by atoms with E-state index in [0.717, 1.165) is 33.3 Å². The van der Waals surface area contributed by atoms with Crippen LogP contribution in [0.5, 0.6) is 5.75 Å². The van der Waals surface area contributed by atoms with Crippen molar-refractivity contribution in [2.24, 2.45) is 0 Å². The molecular weight excluding hydrogens is 536 g/mol. The van der Waals surface area contributed by atoms with Crippen molar-refractivity contribution in [2.45, 2.75) is 37.5 Å². The Morgan fingerprint density at radius 1 is 1.07 bits per heavy atom. The second-order valence-electron chi connectivity index (χ2n) is 10.4. The number of ether oxygens (including phenoxy) is 1. The van der Waals surface area contributed by atoms with Crippen LogP contribution in [0.2, 0.25) is 0 Å². The van der Waals surface area contributed by atoms with Gasteiger partial charge in [0.05, 0.1) is 13.2 Å². The number of hydrogen-bond acceptors (Lipinski definition) is 5. The molecule has 2 aliphatic rings. The molecule has 0 unspecified atom stereocenters. The van der Waals surface area contributed by atoms with Gasteiger partial charge in [-0.25, -0.2) is 0 Å². The average Bonchev–Trinajstić information content (AvgIpc) is 3.53. The van der Waals surface area contributed by atoms with Crippen molar-refractivity contribution in [3.05, 3.63) is 101 Å². The lowest BCUT2D eigenvalue weighted by atomic mass is 9.89. The van der Waals surface area contributed by atoms with Gasteiger partial charge in [-0.3, -0.25) is 14.4 Å². The van der Waals surface area contributed by atoms with E-state index in [-0.39, 0.29) is 24.3 Å². The van der Waals surface area contributed by atoms with E-state index in [0.29, 0.717) is 29.9 Å². The highest BCUT2D eigenvalue weighted by Crippen LogP contribution is 2.46. The number of amides is 3. The number of H-pyrrole nitrogens is 1. The lowest BCUT2D eigenvalue weighted by molar-refractivity contribution is -0.132. The Labute approximate surface area is 242 Å². The first-order valence-electron chi connectivity index (χ1n) is 13.7. The molecular formula is C32H32N4O4S. The van der Waals surface area contributed by atoms with Crippen LogP contribution in [0, 0.1) is 0 Å². The number of rotatable bonds is 9. The second kappa shape index (κ2) is 11.3. The fourth-order valence-corrected chi connectivity index (χ4v) is 6.54. The number of aromatic nitrogens is 1. The number of nitrogens with one attached hydrogen (secondary N) is 3.